The summed E-state index contributed by atoms with van der Waals surface area (Å²) in [4.78, 5) is 15.7. The Balaban J connectivity index is 1.51. The van der Waals surface area contributed by atoms with E-state index in [1.807, 2.05) is 12.1 Å². The van der Waals surface area contributed by atoms with E-state index in [0.717, 1.165) is 11.1 Å². The summed E-state index contributed by atoms with van der Waals surface area (Å²) >= 11 is 0. The average Bonchev–Trinajstić information content (AvgIpc) is 2.69. The Labute approximate surface area is 150 Å². The van der Waals surface area contributed by atoms with Crippen LogP contribution in [0.4, 0.5) is 4.39 Å². The third-order valence-corrected chi connectivity index (χ3v) is 3.50. The maximum absolute atomic E-state index is 12.9. The fourth-order valence-corrected chi connectivity index (χ4v) is 2.12. The van der Waals surface area contributed by atoms with Gasteiger partial charge in [-0.15, -0.1) is 0 Å². The largest absolute Gasteiger partial charge is 0.489 e. The maximum Gasteiger partial charge on any atom is 0.272 e. The molecule has 1 heterocycles. The molecule has 1 N–H and O–H groups in total. The molecule has 2 aromatic carbocycles. The van der Waals surface area contributed by atoms with Crippen LogP contribution in [-0.4, -0.2) is 17.1 Å². The second-order valence-electron chi connectivity index (χ2n) is 5.43. The van der Waals surface area contributed by atoms with Gasteiger partial charge in [0.25, 0.3) is 5.91 Å². The van der Waals surface area contributed by atoms with Crippen molar-refractivity contribution in [2.24, 2.45) is 5.10 Å². The number of hydrazone groups is 1. The van der Waals surface area contributed by atoms with Gasteiger partial charge in [-0.2, -0.15) is 5.10 Å². The van der Waals surface area contributed by atoms with Crippen molar-refractivity contribution in [1.82, 2.24) is 10.4 Å². The van der Waals surface area contributed by atoms with E-state index in [9.17, 15) is 9.18 Å². The van der Waals surface area contributed by atoms with E-state index in [1.54, 1.807) is 42.6 Å². The first-order valence-electron chi connectivity index (χ1n) is 7.91. The van der Waals surface area contributed by atoms with E-state index in [0.29, 0.717) is 17.9 Å². The third kappa shape index (κ3) is 4.98. The molecule has 1 amide bonds. The molecule has 0 atom stereocenters. The first-order chi connectivity index (χ1) is 12.7. The Morgan fingerprint density at radius 1 is 1.12 bits per heavy atom. The summed E-state index contributed by atoms with van der Waals surface area (Å²) in [7, 11) is 0. The lowest BCUT2D eigenvalue weighted by molar-refractivity contribution is 0.0955. The van der Waals surface area contributed by atoms with Gasteiger partial charge in [0.15, 0.2) is 0 Å². The van der Waals surface area contributed by atoms with E-state index in [-0.39, 0.29) is 11.7 Å². The molecule has 3 aromatic rings. The fourth-order valence-electron chi connectivity index (χ4n) is 2.12. The van der Waals surface area contributed by atoms with Crippen LogP contribution in [0.1, 0.15) is 21.5 Å². The second-order valence-corrected chi connectivity index (χ2v) is 5.43. The molecule has 3 rings (SSSR count). The molecule has 26 heavy (non-hydrogen) atoms. The van der Waals surface area contributed by atoms with Crippen molar-refractivity contribution in [2.45, 2.75) is 6.61 Å². The van der Waals surface area contributed by atoms with Crippen molar-refractivity contribution < 1.29 is 13.9 Å². The summed E-state index contributed by atoms with van der Waals surface area (Å²) in [5, 5.41) is 3.92. The van der Waals surface area contributed by atoms with E-state index < -0.39 is 0 Å². The van der Waals surface area contributed by atoms with Crippen LogP contribution in [0, 0.1) is 5.82 Å². The van der Waals surface area contributed by atoms with Gasteiger partial charge in [-0.05, 0) is 59.7 Å². The van der Waals surface area contributed by atoms with Gasteiger partial charge in [-0.25, -0.2) is 9.82 Å². The molecular formula is C20H16FN3O2. The first kappa shape index (κ1) is 17.3. The molecule has 0 saturated carbocycles. The number of halogens is 1. The highest BCUT2D eigenvalue weighted by atomic mass is 19.1. The van der Waals surface area contributed by atoms with Crippen molar-refractivity contribution >= 4 is 12.1 Å². The monoisotopic (exact) mass is 349 g/mol. The first-order valence-corrected chi connectivity index (χ1v) is 7.91. The number of benzene rings is 2. The van der Waals surface area contributed by atoms with Gasteiger partial charge < -0.3 is 4.74 Å². The minimum Gasteiger partial charge on any atom is -0.489 e. The third-order valence-electron chi connectivity index (χ3n) is 3.50. The van der Waals surface area contributed by atoms with Crippen molar-refractivity contribution in [3.05, 3.63) is 95.6 Å². The summed E-state index contributed by atoms with van der Waals surface area (Å²) in [6.45, 7) is 0.356. The smallest absolute Gasteiger partial charge is 0.272 e. The fraction of sp³-hybridized carbons (Fsp3) is 0.0500. The quantitative estimate of drug-likeness (QED) is 0.547. The van der Waals surface area contributed by atoms with E-state index in [4.69, 9.17) is 4.74 Å². The number of pyridine rings is 1. The second kappa shape index (κ2) is 8.53. The molecule has 5 nitrogen and oxygen atoms in total. The number of ether oxygens (including phenoxy) is 1. The highest BCUT2D eigenvalue weighted by Gasteiger charge is 2.02. The Morgan fingerprint density at radius 3 is 2.58 bits per heavy atom. The van der Waals surface area contributed by atoms with Gasteiger partial charge in [0.1, 0.15) is 18.2 Å². The summed E-state index contributed by atoms with van der Waals surface area (Å²) in [6.07, 6.45) is 4.61. The number of nitrogens with one attached hydrogen (secondary N) is 1. The lowest BCUT2D eigenvalue weighted by Gasteiger charge is -2.06. The van der Waals surface area contributed by atoms with Crippen molar-refractivity contribution in [1.29, 1.82) is 0 Å². The van der Waals surface area contributed by atoms with Gasteiger partial charge >= 0.3 is 0 Å². The van der Waals surface area contributed by atoms with Crippen molar-refractivity contribution in [3.63, 3.8) is 0 Å². The zero-order valence-corrected chi connectivity index (χ0v) is 13.8. The topological polar surface area (TPSA) is 63.6 Å². The summed E-state index contributed by atoms with van der Waals surface area (Å²) in [6, 6.07) is 16.7. The molecule has 0 aliphatic heterocycles. The summed E-state index contributed by atoms with van der Waals surface area (Å²) in [5.74, 6) is 0.0903. The zero-order chi connectivity index (χ0) is 18.2. The lowest BCUT2D eigenvalue weighted by atomic mass is 10.2. The molecular weight excluding hydrogens is 333 g/mol. The number of amides is 1. The average molecular weight is 349 g/mol. The molecule has 0 aliphatic rings. The molecule has 0 radical (unpaired) electrons. The molecule has 6 heteroatoms. The highest BCUT2D eigenvalue weighted by molar-refractivity contribution is 5.94. The number of aromatic nitrogens is 1. The lowest BCUT2D eigenvalue weighted by Crippen LogP contribution is -2.17. The Hall–Kier alpha value is -3.54. The minimum absolute atomic E-state index is 0.270. The number of carbonyl (C=O) groups is 1. The Morgan fingerprint density at radius 2 is 1.88 bits per heavy atom. The van der Waals surface area contributed by atoms with Crippen molar-refractivity contribution in [2.75, 3.05) is 0 Å². The van der Waals surface area contributed by atoms with E-state index in [1.165, 1.54) is 24.5 Å². The molecule has 1 aromatic heterocycles. The van der Waals surface area contributed by atoms with Crippen LogP contribution < -0.4 is 10.2 Å². The standard InChI is InChI=1S/C20H16FN3O2/c21-18-7-3-16(4-8-18)14-26-19-9-5-15(6-10-19)12-23-24-20(25)17-2-1-11-22-13-17/h1-13H,14H2,(H,24,25)/b23-12-. The summed E-state index contributed by atoms with van der Waals surface area (Å²) in [5.41, 5.74) is 4.58. The van der Waals surface area contributed by atoms with Gasteiger partial charge in [0, 0.05) is 12.4 Å². The van der Waals surface area contributed by atoms with Gasteiger partial charge in [-0.1, -0.05) is 12.1 Å². The number of rotatable bonds is 6. The molecule has 0 unspecified atom stereocenters. The van der Waals surface area contributed by atoms with Crippen LogP contribution in [0.2, 0.25) is 0 Å². The van der Waals surface area contributed by atoms with E-state index >= 15 is 0 Å². The summed E-state index contributed by atoms with van der Waals surface area (Å²) < 4.78 is 18.5. The molecule has 0 fully saturated rings. The minimum atomic E-state index is -0.325. The maximum atomic E-state index is 12.9. The van der Waals surface area contributed by atoms with Crippen LogP contribution >= 0.6 is 0 Å². The molecule has 0 saturated heterocycles. The predicted octanol–water partition coefficient (Wildman–Crippen LogP) is 3.56. The van der Waals surface area contributed by atoms with Gasteiger partial charge in [0.05, 0.1) is 11.8 Å². The van der Waals surface area contributed by atoms with Crippen LogP contribution in [-0.2, 0) is 6.61 Å². The molecule has 0 spiro atoms. The van der Waals surface area contributed by atoms with Crippen LogP contribution in [0.5, 0.6) is 5.75 Å². The van der Waals surface area contributed by atoms with Crippen LogP contribution in [0.3, 0.4) is 0 Å². The number of hydrogen-bond acceptors (Lipinski definition) is 4. The normalized spacial score (nSPS) is 10.7. The number of hydrogen-bond donors (Lipinski definition) is 1. The number of nitrogens with zero attached hydrogens (tertiary/aromatic N) is 2. The SMILES string of the molecule is O=C(N/N=C\c1ccc(OCc2ccc(F)cc2)cc1)c1cccnc1. The molecule has 0 aliphatic carbocycles. The zero-order valence-electron chi connectivity index (χ0n) is 13.8. The van der Waals surface area contributed by atoms with Crippen molar-refractivity contribution in [3.8, 4) is 5.75 Å². The van der Waals surface area contributed by atoms with E-state index in [2.05, 4.69) is 15.5 Å². The van der Waals surface area contributed by atoms with Gasteiger partial charge in [0.2, 0.25) is 0 Å². The molecule has 0 bridgehead atoms. The Kier molecular flexibility index (Phi) is 5.67. The van der Waals surface area contributed by atoms with Crippen LogP contribution in [0.15, 0.2) is 78.2 Å². The molecule has 130 valence electrons. The number of carbonyl (C=O) groups excluding carboxylic acids is 1. The van der Waals surface area contributed by atoms with Gasteiger partial charge in [-0.3, -0.25) is 9.78 Å². The predicted molar refractivity (Wildman–Crippen MR) is 96.5 cm³/mol. The van der Waals surface area contributed by atoms with Crippen LogP contribution in [0.25, 0.3) is 0 Å². The Bertz CT molecular complexity index is 879. The highest BCUT2D eigenvalue weighted by Crippen LogP contribution is 2.14.